The highest BCUT2D eigenvalue weighted by Gasteiger charge is 2.59. The topological polar surface area (TPSA) is 173 Å². The van der Waals surface area contributed by atoms with Crippen LogP contribution in [0.1, 0.15) is 95.7 Å². The van der Waals surface area contributed by atoms with E-state index in [0.717, 1.165) is 16.5 Å². The van der Waals surface area contributed by atoms with E-state index in [-0.39, 0.29) is 25.8 Å². The zero-order valence-corrected chi connectivity index (χ0v) is 32.5. The van der Waals surface area contributed by atoms with E-state index in [9.17, 15) is 40.8 Å². The molecule has 1 aromatic carbocycles. The fraction of sp³-hybridized carbons (Fsp3) is 0.615. The molecule has 0 bridgehead atoms. The van der Waals surface area contributed by atoms with Crippen LogP contribution in [0.25, 0.3) is 10.9 Å². The summed E-state index contributed by atoms with van der Waals surface area (Å²) in [6.45, 7) is 3.94. The molecule has 1 saturated heterocycles. The molecule has 13 nitrogen and oxygen atoms in total. The third kappa shape index (κ3) is 7.42. The van der Waals surface area contributed by atoms with Crippen LogP contribution in [0.15, 0.2) is 36.4 Å². The monoisotopic (exact) mass is 803 g/mol. The Labute approximate surface area is 323 Å². The lowest BCUT2D eigenvalue weighted by Gasteiger charge is -2.48. The Balaban J connectivity index is 1.24. The molecule has 1 spiro atoms. The number of sulfonamides is 1. The number of halogens is 3. The molecule has 4 heterocycles. The maximum Gasteiger partial charge on any atom is 0.425 e. The van der Waals surface area contributed by atoms with Crippen molar-refractivity contribution in [2.45, 2.75) is 138 Å². The van der Waals surface area contributed by atoms with Crippen LogP contribution in [0, 0.1) is 12.8 Å². The van der Waals surface area contributed by atoms with E-state index in [4.69, 9.17) is 9.72 Å². The molecule has 3 aliphatic heterocycles. The molecule has 3 N–H and O–H groups in total. The van der Waals surface area contributed by atoms with E-state index < -0.39 is 80.0 Å². The number of alkyl carbamates (subject to hydrolysis) is 1. The lowest BCUT2D eigenvalue weighted by atomic mass is 9.65. The number of benzene rings is 1. The van der Waals surface area contributed by atoms with E-state index in [2.05, 4.69) is 20.1 Å². The van der Waals surface area contributed by atoms with Gasteiger partial charge in [0.15, 0.2) is 6.10 Å². The number of carbonyl (C=O) groups excluding carboxylic acids is 4. The predicted molar refractivity (Wildman–Crippen MR) is 198 cm³/mol. The molecule has 2 saturated carbocycles. The molecule has 56 heavy (non-hydrogen) atoms. The number of alkyl halides is 3. The summed E-state index contributed by atoms with van der Waals surface area (Å²) in [7, 11) is -4.07. The predicted octanol–water partition coefficient (Wildman–Crippen LogP) is 5.04. The standard InChI is InChI=1S/C39H48F3N5O8S/c1-23-31-27(26-12-9-10-13-28(26)43-23)16-17-37(55-31)21-30-32(48)45-38(34(50)46-56(52,53)36(3)19-20-36)18-15-25(38)11-7-5-4-6-8-14-29(33(49)47(30)22-37)44-35(51)54-24(2)39(40,41)42/h7,9-13,24-25,29-30H,4-6,8,14-22H2,1-3H3,(H,44,51)(H,45,48)(H,46,50)/b11-7-/t24?,25-,29+,30+,37-,38-/m1/s1. The summed E-state index contributed by atoms with van der Waals surface area (Å²) in [4.78, 5) is 62.3. The SMILES string of the molecule is Cc1nc2ccccc2c2c1O[C@]1(CC2)C[C@H]2C(=O)N[C@]3(C(=O)NS(=O)(=O)C4(C)CC4)CC[C@H]3/C=C\CCCCC[C@H](NC(=O)OC(C)C(F)(F)F)C(=O)N2C1. The number of carbonyl (C=O) groups is 4. The Morgan fingerprint density at radius 3 is 2.54 bits per heavy atom. The van der Waals surface area contributed by atoms with Gasteiger partial charge in [0, 0.05) is 23.3 Å². The van der Waals surface area contributed by atoms with Crippen LogP contribution < -0.4 is 20.1 Å². The van der Waals surface area contributed by atoms with Gasteiger partial charge in [-0.3, -0.25) is 19.1 Å². The molecule has 5 aliphatic rings. The van der Waals surface area contributed by atoms with Gasteiger partial charge in [0.25, 0.3) is 5.91 Å². The number of amides is 4. The van der Waals surface area contributed by atoms with Gasteiger partial charge in [-0.25, -0.2) is 18.2 Å². The Bertz CT molecular complexity index is 2070. The van der Waals surface area contributed by atoms with Crippen molar-refractivity contribution in [1.29, 1.82) is 0 Å². The van der Waals surface area contributed by atoms with Crippen molar-refractivity contribution >= 4 is 44.7 Å². The van der Waals surface area contributed by atoms with Gasteiger partial charge in [0.05, 0.1) is 22.5 Å². The van der Waals surface area contributed by atoms with Crippen LogP contribution in [-0.2, 0) is 35.6 Å². The molecule has 304 valence electrons. The van der Waals surface area contributed by atoms with Gasteiger partial charge in [0.1, 0.15) is 29.0 Å². The average molecular weight is 804 g/mol. The minimum absolute atomic E-state index is 0.0207. The van der Waals surface area contributed by atoms with Gasteiger partial charge in [-0.05, 0) is 84.6 Å². The average Bonchev–Trinajstić information content (AvgIpc) is 3.79. The Morgan fingerprint density at radius 1 is 1.09 bits per heavy atom. The second-order valence-corrected chi connectivity index (χ2v) is 18.5. The molecule has 3 fully saturated rings. The molecule has 2 aliphatic carbocycles. The Kier molecular flexibility index (Phi) is 10.3. The van der Waals surface area contributed by atoms with Crippen LogP contribution in [0.4, 0.5) is 18.0 Å². The normalized spacial score (nSPS) is 30.2. The highest BCUT2D eigenvalue weighted by Crippen LogP contribution is 2.47. The molecular weight excluding hydrogens is 756 g/mol. The van der Waals surface area contributed by atoms with Crippen LogP contribution in [0.2, 0.25) is 0 Å². The van der Waals surface area contributed by atoms with Crippen molar-refractivity contribution in [3.8, 4) is 5.75 Å². The van der Waals surface area contributed by atoms with E-state index in [1.807, 2.05) is 43.3 Å². The van der Waals surface area contributed by atoms with Gasteiger partial charge in [-0.2, -0.15) is 13.2 Å². The summed E-state index contributed by atoms with van der Waals surface area (Å²) < 4.78 is 79.0. The third-order valence-corrected chi connectivity index (χ3v) is 14.5. The molecule has 17 heteroatoms. The largest absolute Gasteiger partial charge is 0.483 e. The molecule has 1 unspecified atom stereocenters. The smallest absolute Gasteiger partial charge is 0.425 e. The summed E-state index contributed by atoms with van der Waals surface area (Å²) in [6.07, 6.45) is -0.347. The van der Waals surface area contributed by atoms with E-state index in [0.29, 0.717) is 76.2 Å². The summed E-state index contributed by atoms with van der Waals surface area (Å²) in [5, 5.41) is 6.15. The number of rotatable bonds is 5. The van der Waals surface area contributed by atoms with Crippen LogP contribution in [-0.4, -0.2) is 88.9 Å². The lowest BCUT2D eigenvalue weighted by molar-refractivity contribution is -0.197. The van der Waals surface area contributed by atoms with Crippen molar-refractivity contribution in [2.75, 3.05) is 6.54 Å². The molecule has 2 aromatic rings. The number of pyridine rings is 1. The second kappa shape index (κ2) is 14.5. The molecule has 7 rings (SSSR count). The maximum absolute atomic E-state index is 14.7. The zero-order valence-electron chi connectivity index (χ0n) is 31.7. The van der Waals surface area contributed by atoms with E-state index in [1.54, 1.807) is 6.92 Å². The molecule has 0 radical (unpaired) electrons. The number of nitrogens with zero attached hydrogens (tertiary/aromatic N) is 2. The number of aromatic nitrogens is 1. The fourth-order valence-corrected chi connectivity index (χ4v) is 9.73. The molecule has 6 atom stereocenters. The Morgan fingerprint density at radius 2 is 1.84 bits per heavy atom. The maximum atomic E-state index is 14.7. The fourth-order valence-electron chi connectivity index (χ4n) is 8.42. The first-order chi connectivity index (χ1) is 26.4. The third-order valence-electron chi connectivity index (χ3n) is 12.4. The number of para-hydroxylation sites is 1. The number of ether oxygens (including phenoxy) is 2. The van der Waals surface area contributed by atoms with E-state index in [1.165, 1.54) is 4.90 Å². The van der Waals surface area contributed by atoms with Crippen LogP contribution in [0.5, 0.6) is 5.75 Å². The molecule has 4 amide bonds. The number of aryl methyl sites for hydroxylation is 2. The first-order valence-electron chi connectivity index (χ1n) is 19.3. The molecule has 1 aromatic heterocycles. The summed E-state index contributed by atoms with van der Waals surface area (Å²) in [5.41, 5.74) is -0.401. The van der Waals surface area contributed by atoms with E-state index >= 15 is 0 Å². The number of hydrogen-bond acceptors (Lipinski definition) is 9. The summed E-state index contributed by atoms with van der Waals surface area (Å²) >= 11 is 0. The minimum Gasteiger partial charge on any atom is -0.483 e. The summed E-state index contributed by atoms with van der Waals surface area (Å²) in [5.74, 6) is -2.29. The lowest BCUT2D eigenvalue weighted by Crippen LogP contribution is -2.70. The minimum atomic E-state index is -4.83. The Hall–Kier alpha value is -4.41. The first-order valence-corrected chi connectivity index (χ1v) is 20.8. The van der Waals surface area contributed by atoms with Crippen molar-refractivity contribution < 1.29 is 50.2 Å². The van der Waals surface area contributed by atoms with Gasteiger partial charge in [-0.1, -0.05) is 43.2 Å². The first kappa shape index (κ1) is 39.8. The second-order valence-electron chi connectivity index (χ2n) is 16.3. The number of hydrogen-bond donors (Lipinski definition) is 3. The summed E-state index contributed by atoms with van der Waals surface area (Å²) in [6, 6.07) is 5.03. The van der Waals surface area contributed by atoms with Gasteiger partial charge in [-0.15, -0.1) is 0 Å². The number of nitrogens with one attached hydrogen (secondary N) is 3. The van der Waals surface area contributed by atoms with Gasteiger partial charge < -0.3 is 25.0 Å². The van der Waals surface area contributed by atoms with Crippen molar-refractivity contribution in [2.24, 2.45) is 5.92 Å². The highest BCUT2D eigenvalue weighted by molar-refractivity contribution is 7.91. The van der Waals surface area contributed by atoms with Gasteiger partial charge in [0.2, 0.25) is 21.8 Å². The number of fused-ring (bicyclic) bond motifs is 5. The van der Waals surface area contributed by atoms with Gasteiger partial charge >= 0.3 is 12.3 Å². The van der Waals surface area contributed by atoms with Crippen molar-refractivity contribution in [1.82, 2.24) is 25.2 Å². The molecular formula is C39H48F3N5O8S. The van der Waals surface area contributed by atoms with Crippen molar-refractivity contribution in [3.63, 3.8) is 0 Å². The number of allylic oxidation sites excluding steroid dienone is 1. The highest BCUT2D eigenvalue weighted by atomic mass is 32.2. The quantitative estimate of drug-likeness (QED) is 0.351. The van der Waals surface area contributed by atoms with Crippen molar-refractivity contribution in [3.05, 3.63) is 47.7 Å². The zero-order chi connectivity index (χ0) is 40.3. The van der Waals surface area contributed by atoms with Crippen LogP contribution in [0.3, 0.4) is 0 Å². The van der Waals surface area contributed by atoms with Crippen LogP contribution >= 0.6 is 0 Å².